The van der Waals surface area contributed by atoms with Crippen LogP contribution < -0.4 is 5.84 Å². The number of nitrogens with zero attached hydrogens (tertiary/aromatic N) is 4. The second-order valence-corrected chi connectivity index (χ2v) is 7.02. The SMILES string of the molecule is CCN(C(=O)CSc1nnc(-c2ccccc2Cl)n1N)C1=CCCC1. The lowest BCUT2D eigenvalue weighted by atomic mass is 10.2. The summed E-state index contributed by atoms with van der Waals surface area (Å²) in [7, 11) is 0. The van der Waals surface area contributed by atoms with E-state index in [2.05, 4.69) is 16.3 Å². The fourth-order valence-electron chi connectivity index (χ4n) is 2.84. The molecular formula is C17H20ClN5OS. The van der Waals surface area contributed by atoms with Gasteiger partial charge in [-0.3, -0.25) is 4.79 Å². The highest BCUT2D eigenvalue weighted by molar-refractivity contribution is 7.99. The summed E-state index contributed by atoms with van der Waals surface area (Å²) in [4.78, 5) is 14.4. The summed E-state index contributed by atoms with van der Waals surface area (Å²) >= 11 is 7.47. The first kappa shape index (κ1) is 17.8. The van der Waals surface area contributed by atoms with Gasteiger partial charge in [-0.05, 0) is 38.3 Å². The lowest BCUT2D eigenvalue weighted by Crippen LogP contribution is -2.31. The van der Waals surface area contributed by atoms with Gasteiger partial charge in [-0.15, -0.1) is 10.2 Å². The van der Waals surface area contributed by atoms with Crippen molar-refractivity contribution < 1.29 is 4.79 Å². The van der Waals surface area contributed by atoms with Crippen molar-refractivity contribution >= 4 is 29.3 Å². The number of rotatable bonds is 6. The quantitative estimate of drug-likeness (QED) is 0.617. The van der Waals surface area contributed by atoms with E-state index >= 15 is 0 Å². The van der Waals surface area contributed by atoms with Gasteiger partial charge in [0, 0.05) is 17.8 Å². The highest BCUT2D eigenvalue weighted by atomic mass is 35.5. The molecule has 1 aromatic heterocycles. The van der Waals surface area contributed by atoms with Crippen LogP contribution in [0.15, 0.2) is 41.2 Å². The Balaban J connectivity index is 1.70. The molecule has 0 saturated heterocycles. The van der Waals surface area contributed by atoms with Gasteiger partial charge in [-0.1, -0.05) is 41.6 Å². The van der Waals surface area contributed by atoms with Crippen LogP contribution in [0.3, 0.4) is 0 Å². The molecule has 1 amide bonds. The number of benzene rings is 1. The molecule has 1 aromatic carbocycles. The van der Waals surface area contributed by atoms with Crippen molar-refractivity contribution in [1.29, 1.82) is 0 Å². The van der Waals surface area contributed by atoms with Crippen molar-refractivity contribution in [3.8, 4) is 11.4 Å². The van der Waals surface area contributed by atoms with Crippen molar-refractivity contribution in [3.05, 3.63) is 41.1 Å². The first-order chi connectivity index (χ1) is 12.1. The zero-order valence-electron chi connectivity index (χ0n) is 14.0. The van der Waals surface area contributed by atoms with Gasteiger partial charge in [0.05, 0.1) is 10.8 Å². The number of halogens is 1. The van der Waals surface area contributed by atoms with Crippen molar-refractivity contribution in [2.75, 3.05) is 18.1 Å². The van der Waals surface area contributed by atoms with E-state index in [0.717, 1.165) is 25.0 Å². The predicted molar refractivity (Wildman–Crippen MR) is 101 cm³/mol. The van der Waals surface area contributed by atoms with Crippen molar-refractivity contribution in [1.82, 2.24) is 19.8 Å². The molecule has 1 aliphatic carbocycles. The van der Waals surface area contributed by atoms with Gasteiger partial charge in [0.25, 0.3) is 0 Å². The molecule has 0 aliphatic heterocycles. The van der Waals surface area contributed by atoms with Gasteiger partial charge in [0.1, 0.15) is 0 Å². The highest BCUT2D eigenvalue weighted by Gasteiger charge is 2.20. The Kier molecular flexibility index (Phi) is 5.65. The molecule has 0 atom stereocenters. The van der Waals surface area contributed by atoms with Crippen LogP contribution in [0.1, 0.15) is 26.2 Å². The zero-order valence-corrected chi connectivity index (χ0v) is 15.6. The Hall–Kier alpha value is -1.99. The maximum absolute atomic E-state index is 12.5. The summed E-state index contributed by atoms with van der Waals surface area (Å²) < 4.78 is 1.38. The molecule has 132 valence electrons. The van der Waals surface area contributed by atoms with Gasteiger partial charge in [-0.25, -0.2) is 4.68 Å². The normalized spacial score (nSPS) is 13.8. The fourth-order valence-corrected chi connectivity index (χ4v) is 3.80. The van der Waals surface area contributed by atoms with Gasteiger partial charge in [-0.2, -0.15) is 0 Å². The van der Waals surface area contributed by atoms with Crippen molar-refractivity contribution in [3.63, 3.8) is 0 Å². The lowest BCUT2D eigenvalue weighted by molar-refractivity contribution is -0.126. The van der Waals surface area contributed by atoms with E-state index in [9.17, 15) is 4.79 Å². The summed E-state index contributed by atoms with van der Waals surface area (Å²) in [6.07, 6.45) is 5.27. The first-order valence-corrected chi connectivity index (χ1v) is 9.55. The molecule has 1 heterocycles. The number of hydrogen-bond acceptors (Lipinski definition) is 5. The molecule has 25 heavy (non-hydrogen) atoms. The molecule has 6 nitrogen and oxygen atoms in total. The van der Waals surface area contributed by atoms with Crippen molar-refractivity contribution in [2.24, 2.45) is 0 Å². The van der Waals surface area contributed by atoms with E-state index < -0.39 is 0 Å². The fraction of sp³-hybridized carbons (Fsp3) is 0.353. The average Bonchev–Trinajstić information content (AvgIpc) is 3.25. The zero-order chi connectivity index (χ0) is 17.8. The van der Waals surface area contributed by atoms with Crippen LogP contribution in [0.4, 0.5) is 0 Å². The number of thioether (sulfide) groups is 1. The maximum Gasteiger partial charge on any atom is 0.237 e. The van der Waals surface area contributed by atoms with E-state index in [1.165, 1.54) is 16.4 Å². The Labute approximate surface area is 156 Å². The van der Waals surface area contributed by atoms with Gasteiger partial charge >= 0.3 is 0 Å². The van der Waals surface area contributed by atoms with E-state index in [1.807, 2.05) is 30.0 Å². The minimum Gasteiger partial charge on any atom is -0.335 e. The van der Waals surface area contributed by atoms with Gasteiger partial charge in [0.2, 0.25) is 11.1 Å². The van der Waals surface area contributed by atoms with Crippen LogP contribution >= 0.6 is 23.4 Å². The standard InChI is InChI=1S/C17H20ClN5OS/c1-2-22(12-7-3-4-8-12)15(24)11-25-17-21-20-16(23(17)19)13-9-5-6-10-14(13)18/h5-7,9-10H,2-4,8,11,19H2,1H3. The largest absolute Gasteiger partial charge is 0.335 e. The summed E-state index contributed by atoms with van der Waals surface area (Å²) in [5, 5.41) is 9.25. The minimum atomic E-state index is 0.0583. The van der Waals surface area contributed by atoms with Crippen LogP contribution in [-0.4, -0.2) is 38.0 Å². The third kappa shape index (κ3) is 3.82. The smallest absolute Gasteiger partial charge is 0.237 e. The van der Waals surface area contributed by atoms with Crippen LogP contribution in [0.5, 0.6) is 0 Å². The predicted octanol–water partition coefficient (Wildman–Crippen LogP) is 3.32. The third-order valence-electron chi connectivity index (χ3n) is 4.09. The molecule has 3 rings (SSSR count). The molecule has 0 spiro atoms. The van der Waals surface area contributed by atoms with E-state index in [-0.39, 0.29) is 11.7 Å². The molecule has 0 saturated carbocycles. The minimum absolute atomic E-state index is 0.0583. The molecule has 2 N–H and O–H groups in total. The van der Waals surface area contributed by atoms with E-state index in [0.29, 0.717) is 28.1 Å². The molecule has 2 aromatic rings. The summed E-state index contributed by atoms with van der Waals surface area (Å²) in [6, 6.07) is 7.31. The number of allylic oxidation sites excluding steroid dienone is 2. The summed E-state index contributed by atoms with van der Waals surface area (Å²) in [6.45, 7) is 2.66. The van der Waals surface area contributed by atoms with Crippen LogP contribution in [0, 0.1) is 0 Å². The third-order valence-corrected chi connectivity index (χ3v) is 5.34. The molecule has 0 unspecified atom stereocenters. The second-order valence-electron chi connectivity index (χ2n) is 5.67. The number of nitrogen functional groups attached to an aromatic ring is 1. The van der Waals surface area contributed by atoms with E-state index in [1.54, 1.807) is 6.07 Å². The number of amides is 1. The lowest BCUT2D eigenvalue weighted by Gasteiger charge is -2.21. The number of nitrogens with two attached hydrogens (primary N) is 1. The number of aromatic nitrogens is 3. The first-order valence-electron chi connectivity index (χ1n) is 8.19. The molecule has 0 fully saturated rings. The van der Waals surface area contributed by atoms with Crippen LogP contribution in [-0.2, 0) is 4.79 Å². The van der Waals surface area contributed by atoms with E-state index in [4.69, 9.17) is 17.4 Å². The summed E-state index contributed by atoms with van der Waals surface area (Å²) in [5.41, 5.74) is 1.84. The topological polar surface area (TPSA) is 77.0 Å². The molecule has 0 bridgehead atoms. The second kappa shape index (κ2) is 7.93. The highest BCUT2D eigenvalue weighted by Crippen LogP contribution is 2.28. The Morgan fingerprint density at radius 3 is 2.88 bits per heavy atom. The molecular weight excluding hydrogens is 358 g/mol. The number of carbonyl (C=O) groups excluding carboxylic acids is 1. The molecule has 0 radical (unpaired) electrons. The van der Waals surface area contributed by atoms with Crippen molar-refractivity contribution in [2.45, 2.75) is 31.3 Å². The average molecular weight is 378 g/mol. The van der Waals surface area contributed by atoms with Crippen LogP contribution in [0.25, 0.3) is 11.4 Å². The van der Waals surface area contributed by atoms with Crippen LogP contribution in [0.2, 0.25) is 5.02 Å². The maximum atomic E-state index is 12.5. The monoisotopic (exact) mass is 377 g/mol. The number of carbonyl (C=O) groups is 1. The van der Waals surface area contributed by atoms with Gasteiger partial charge in [0.15, 0.2) is 5.82 Å². The van der Waals surface area contributed by atoms with Gasteiger partial charge < -0.3 is 10.7 Å². The Morgan fingerprint density at radius 2 is 2.20 bits per heavy atom. The number of hydrogen-bond donors (Lipinski definition) is 1. The Bertz CT molecular complexity index is 804. The molecule has 8 heteroatoms. The Morgan fingerprint density at radius 1 is 1.40 bits per heavy atom. The summed E-state index contributed by atoms with van der Waals surface area (Å²) in [5.74, 6) is 6.90. The molecule has 1 aliphatic rings.